The molecule has 3 aromatic rings. The van der Waals surface area contributed by atoms with Gasteiger partial charge in [-0.1, -0.05) is 23.7 Å². The molecule has 3 rings (SSSR count). The number of benzene rings is 1. The summed E-state index contributed by atoms with van der Waals surface area (Å²) in [5.74, 6) is 0.744. The van der Waals surface area contributed by atoms with Gasteiger partial charge in [0, 0.05) is 11.6 Å². The second-order valence-corrected chi connectivity index (χ2v) is 4.48. The van der Waals surface area contributed by atoms with Crippen LogP contribution in [-0.4, -0.2) is 31.8 Å². The van der Waals surface area contributed by atoms with E-state index in [2.05, 4.69) is 25.9 Å². The summed E-state index contributed by atoms with van der Waals surface area (Å²) >= 11 is 5.84. The molecule has 0 radical (unpaired) electrons. The van der Waals surface area contributed by atoms with Crippen molar-refractivity contribution in [1.29, 1.82) is 0 Å². The first kappa shape index (κ1) is 11.9. The van der Waals surface area contributed by atoms with Crippen molar-refractivity contribution in [3.8, 4) is 0 Å². The molecule has 0 amide bonds. The van der Waals surface area contributed by atoms with Gasteiger partial charge in [0.15, 0.2) is 5.65 Å². The van der Waals surface area contributed by atoms with Crippen LogP contribution in [0.3, 0.4) is 0 Å². The van der Waals surface area contributed by atoms with E-state index >= 15 is 0 Å². The van der Waals surface area contributed by atoms with Crippen LogP contribution < -0.4 is 5.32 Å². The third-order valence-electron chi connectivity index (χ3n) is 2.70. The minimum atomic E-state index is 0.628. The SMILES string of the molecule is Clc1ccc(CCNc2ccc3nnnn3n2)cc1. The van der Waals surface area contributed by atoms with E-state index in [-0.39, 0.29) is 0 Å². The molecule has 0 aliphatic carbocycles. The Morgan fingerprint density at radius 1 is 1.11 bits per heavy atom. The summed E-state index contributed by atoms with van der Waals surface area (Å²) < 4.78 is 1.39. The average Bonchev–Trinajstić information content (AvgIpc) is 2.88. The van der Waals surface area contributed by atoms with Gasteiger partial charge in [0.05, 0.1) is 0 Å². The Kier molecular flexibility index (Phi) is 3.24. The van der Waals surface area contributed by atoms with E-state index in [0.29, 0.717) is 5.65 Å². The summed E-state index contributed by atoms with van der Waals surface area (Å²) in [6.45, 7) is 0.780. The molecule has 0 saturated heterocycles. The number of anilines is 1. The number of nitrogens with zero attached hydrogens (tertiary/aromatic N) is 5. The molecule has 0 fully saturated rings. The third kappa shape index (κ3) is 2.79. The van der Waals surface area contributed by atoms with E-state index in [4.69, 9.17) is 11.6 Å². The maximum atomic E-state index is 5.84. The second kappa shape index (κ2) is 5.19. The fourth-order valence-corrected chi connectivity index (χ4v) is 1.86. The zero-order chi connectivity index (χ0) is 13.1. The number of rotatable bonds is 4. The van der Waals surface area contributed by atoms with Gasteiger partial charge in [-0.05, 0) is 46.7 Å². The minimum absolute atomic E-state index is 0.628. The van der Waals surface area contributed by atoms with E-state index in [1.54, 1.807) is 0 Å². The zero-order valence-corrected chi connectivity index (χ0v) is 10.7. The highest BCUT2D eigenvalue weighted by Crippen LogP contribution is 2.10. The van der Waals surface area contributed by atoms with E-state index in [0.717, 1.165) is 23.8 Å². The topological polar surface area (TPSA) is 68.0 Å². The van der Waals surface area contributed by atoms with Crippen molar-refractivity contribution in [2.45, 2.75) is 6.42 Å². The van der Waals surface area contributed by atoms with Crippen LogP contribution in [0.25, 0.3) is 5.65 Å². The number of fused-ring (bicyclic) bond motifs is 1. The van der Waals surface area contributed by atoms with Crippen LogP contribution in [0.2, 0.25) is 5.02 Å². The van der Waals surface area contributed by atoms with Crippen LogP contribution in [0.1, 0.15) is 5.56 Å². The second-order valence-electron chi connectivity index (χ2n) is 4.05. The number of tetrazole rings is 1. The van der Waals surface area contributed by atoms with E-state index in [1.165, 1.54) is 10.2 Å². The lowest BCUT2D eigenvalue weighted by atomic mass is 10.1. The molecule has 2 heterocycles. The number of hydrogen-bond acceptors (Lipinski definition) is 5. The molecule has 0 aliphatic rings. The maximum absolute atomic E-state index is 5.84. The van der Waals surface area contributed by atoms with Crippen LogP contribution in [-0.2, 0) is 6.42 Å². The number of aromatic nitrogens is 5. The van der Waals surface area contributed by atoms with Gasteiger partial charge >= 0.3 is 0 Å². The molecular weight excluding hydrogens is 264 g/mol. The summed E-state index contributed by atoms with van der Waals surface area (Å²) in [4.78, 5) is 0. The largest absolute Gasteiger partial charge is 0.368 e. The van der Waals surface area contributed by atoms with Crippen molar-refractivity contribution < 1.29 is 0 Å². The maximum Gasteiger partial charge on any atom is 0.200 e. The fourth-order valence-electron chi connectivity index (χ4n) is 1.73. The monoisotopic (exact) mass is 274 g/mol. The third-order valence-corrected chi connectivity index (χ3v) is 2.95. The number of hydrogen-bond donors (Lipinski definition) is 1. The Morgan fingerprint density at radius 2 is 1.95 bits per heavy atom. The highest BCUT2D eigenvalue weighted by atomic mass is 35.5. The summed E-state index contributed by atoms with van der Waals surface area (Å²) in [6.07, 6.45) is 0.895. The van der Waals surface area contributed by atoms with Gasteiger partial charge in [-0.15, -0.1) is 14.8 Å². The molecule has 0 bridgehead atoms. The molecule has 0 aliphatic heterocycles. The number of halogens is 1. The molecular formula is C12H11ClN6. The molecule has 96 valence electrons. The Labute approximate surface area is 114 Å². The van der Waals surface area contributed by atoms with Crippen LogP contribution in [0.15, 0.2) is 36.4 Å². The summed E-state index contributed by atoms with van der Waals surface area (Å²) in [7, 11) is 0. The van der Waals surface area contributed by atoms with E-state index < -0.39 is 0 Å². The molecule has 7 heteroatoms. The highest BCUT2D eigenvalue weighted by molar-refractivity contribution is 6.30. The van der Waals surface area contributed by atoms with Gasteiger partial charge in [0.1, 0.15) is 5.82 Å². The van der Waals surface area contributed by atoms with Gasteiger partial charge in [-0.3, -0.25) is 0 Å². The fraction of sp³-hybridized carbons (Fsp3) is 0.167. The summed E-state index contributed by atoms with van der Waals surface area (Å²) in [5.41, 5.74) is 1.85. The van der Waals surface area contributed by atoms with E-state index in [9.17, 15) is 0 Å². The Balaban J connectivity index is 1.61. The molecule has 19 heavy (non-hydrogen) atoms. The molecule has 0 spiro atoms. The smallest absolute Gasteiger partial charge is 0.200 e. The minimum Gasteiger partial charge on any atom is -0.368 e. The number of nitrogens with one attached hydrogen (secondary N) is 1. The van der Waals surface area contributed by atoms with Crippen molar-refractivity contribution in [1.82, 2.24) is 25.3 Å². The van der Waals surface area contributed by atoms with Crippen LogP contribution in [0.5, 0.6) is 0 Å². The Morgan fingerprint density at radius 3 is 2.79 bits per heavy atom. The van der Waals surface area contributed by atoms with Crippen molar-refractivity contribution in [3.63, 3.8) is 0 Å². The molecule has 6 nitrogen and oxygen atoms in total. The van der Waals surface area contributed by atoms with Crippen molar-refractivity contribution >= 4 is 23.1 Å². The van der Waals surface area contributed by atoms with Gasteiger partial charge in [-0.25, -0.2) is 0 Å². The molecule has 1 N–H and O–H groups in total. The van der Waals surface area contributed by atoms with Gasteiger partial charge < -0.3 is 5.32 Å². The molecule has 2 aromatic heterocycles. The zero-order valence-electron chi connectivity index (χ0n) is 9.99. The highest BCUT2D eigenvalue weighted by Gasteiger charge is 2.00. The summed E-state index contributed by atoms with van der Waals surface area (Å²) in [5, 5.41) is 19.3. The first-order valence-electron chi connectivity index (χ1n) is 5.85. The Bertz CT molecular complexity index is 678. The van der Waals surface area contributed by atoms with Crippen LogP contribution in [0.4, 0.5) is 5.82 Å². The van der Waals surface area contributed by atoms with Crippen molar-refractivity contribution in [2.75, 3.05) is 11.9 Å². The standard InChI is InChI=1S/C12H11ClN6/c13-10-3-1-9(2-4-10)7-8-14-11-5-6-12-15-17-18-19(12)16-11/h1-6H,7-8H2,(H,14,16). The first-order valence-corrected chi connectivity index (χ1v) is 6.23. The average molecular weight is 275 g/mol. The lowest BCUT2D eigenvalue weighted by Gasteiger charge is -2.05. The van der Waals surface area contributed by atoms with Crippen LogP contribution >= 0.6 is 11.6 Å². The quantitative estimate of drug-likeness (QED) is 0.786. The van der Waals surface area contributed by atoms with Crippen molar-refractivity contribution in [2.24, 2.45) is 0 Å². The molecule has 0 saturated carbocycles. The lowest BCUT2D eigenvalue weighted by Crippen LogP contribution is -2.08. The lowest BCUT2D eigenvalue weighted by molar-refractivity contribution is 0.733. The van der Waals surface area contributed by atoms with Crippen LogP contribution in [0, 0.1) is 0 Å². The molecule has 0 unspecified atom stereocenters. The predicted molar refractivity (Wildman–Crippen MR) is 72.2 cm³/mol. The Hall–Kier alpha value is -2.21. The van der Waals surface area contributed by atoms with Gasteiger partial charge in [-0.2, -0.15) is 0 Å². The van der Waals surface area contributed by atoms with Crippen molar-refractivity contribution in [3.05, 3.63) is 47.0 Å². The van der Waals surface area contributed by atoms with Gasteiger partial charge in [0.25, 0.3) is 0 Å². The summed E-state index contributed by atoms with van der Waals surface area (Å²) in [6, 6.07) is 11.5. The van der Waals surface area contributed by atoms with Gasteiger partial charge in [0.2, 0.25) is 0 Å². The normalized spacial score (nSPS) is 10.8. The predicted octanol–water partition coefficient (Wildman–Crippen LogP) is 1.83. The molecule has 0 atom stereocenters. The van der Waals surface area contributed by atoms with E-state index in [1.807, 2.05) is 36.4 Å². The molecule has 1 aromatic carbocycles. The first-order chi connectivity index (χ1) is 9.31.